The third-order valence-corrected chi connectivity index (χ3v) is 3.84. The van der Waals surface area contributed by atoms with E-state index in [1.165, 1.54) is 6.92 Å². The highest BCUT2D eigenvalue weighted by atomic mass is 32.1. The Morgan fingerprint density at radius 3 is 2.71 bits per heavy atom. The zero-order valence-corrected chi connectivity index (χ0v) is 12.8. The smallest absolute Gasteiger partial charge is 0.224 e. The van der Waals surface area contributed by atoms with Crippen LogP contribution in [0.4, 0.5) is 0 Å². The molecule has 0 unspecified atom stereocenters. The van der Waals surface area contributed by atoms with Crippen molar-refractivity contribution in [2.45, 2.75) is 19.9 Å². The van der Waals surface area contributed by atoms with E-state index in [1.54, 1.807) is 36.6 Å². The summed E-state index contributed by atoms with van der Waals surface area (Å²) >= 11 is 1.60. The molecule has 2 rings (SSSR count). The molecular formula is C16H17NO3S. The van der Waals surface area contributed by atoms with E-state index in [2.05, 4.69) is 5.32 Å². The number of Topliss-reactive ketones (excluding diaryl/α,β-unsaturated/α-hetero) is 1. The minimum atomic E-state index is -0.0970. The molecule has 0 atom stereocenters. The van der Waals surface area contributed by atoms with Crippen molar-refractivity contribution < 1.29 is 14.3 Å². The zero-order valence-electron chi connectivity index (χ0n) is 12.0. The molecule has 1 heterocycles. The van der Waals surface area contributed by atoms with Crippen molar-refractivity contribution in [3.8, 4) is 5.75 Å². The summed E-state index contributed by atoms with van der Waals surface area (Å²) in [6, 6.07) is 7.11. The maximum Gasteiger partial charge on any atom is 0.224 e. The molecule has 0 aliphatic carbocycles. The summed E-state index contributed by atoms with van der Waals surface area (Å²) < 4.78 is 5.24. The number of ether oxygens (including phenoxy) is 1. The second-order valence-corrected chi connectivity index (χ2v) is 5.45. The molecule has 1 N–H and O–H groups in total. The van der Waals surface area contributed by atoms with Crippen LogP contribution in [0.1, 0.15) is 28.4 Å². The van der Waals surface area contributed by atoms with E-state index in [0.717, 1.165) is 5.56 Å². The topological polar surface area (TPSA) is 55.4 Å². The molecule has 4 nitrogen and oxygen atoms in total. The largest absolute Gasteiger partial charge is 0.496 e. The lowest BCUT2D eigenvalue weighted by molar-refractivity contribution is -0.120. The Bertz CT molecular complexity index is 635. The Labute approximate surface area is 127 Å². The number of hydrogen-bond acceptors (Lipinski definition) is 4. The maximum absolute atomic E-state index is 12.0. The van der Waals surface area contributed by atoms with Gasteiger partial charge < -0.3 is 10.1 Å². The summed E-state index contributed by atoms with van der Waals surface area (Å²) in [6.45, 7) is 2.01. The van der Waals surface area contributed by atoms with Crippen molar-refractivity contribution in [2.24, 2.45) is 0 Å². The van der Waals surface area contributed by atoms with Crippen molar-refractivity contribution in [3.05, 3.63) is 51.7 Å². The first-order valence-electron chi connectivity index (χ1n) is 6.55. The first-order valence-corrected chi connectivity index (χ1v) is 7.50. The van der Waals surface area contributed by atoms with Gasteiger partial charge in [0, 0.05) is 17.7 Å². The first kappa shape index (κ1) is 15.3. The van der Waals surface area contributed by atoms with E-state index in [1.807, 2.05) is 16.8 Å². The van der Waals surface area contributed by atoms with Gasteiger partial charge in [0.15, 0.2) is 5.78 Å². The van der Waals surface area contributed by atoms with Crippen molar-refractivity contribution >= 4 is 23.0 Å². The first-order chi connectivity index (χ1) is 10.1. The number of rotatable bonds is 6. The molecule has 110 valence electrons. The van der Waals surface area contributed by atoms with Gasteiger partial charge in [0.2, 0.25) is 5.91 Å². The van der Waals surface area contributed by atoms with Crippen LogP contribution in [0, 0.1) is 0 Å². The van der Waals surface area contributed by atoms with Crippen LogP contribution in [0.3, 0.4) is 0 Å². The molecule has 0 spiro atoms. The number of nitrogens with one attached hydrogen (secondary N) is 1. The molecule has 0 saturated heterocycles. The van der Waals surface area contributed by atoms with Gasteiger partial charge in [-0.2, -0.15) is 11.3 Å². The third kappa shape index (κ3) is 4.16. The Morgan fingerprint density at radius 2 is 2.10 bits per heavy atom. The number of methoxy groups -OCH3 is 1. The van der Waals surface area contributed by atoms with Crippen LogP contribution >= 0.6 is 11.3 Å². The Balaban J connectivity index is 2.04. The van der Waals surface area contributed by atoms with Gasteiger partial charge in [-0.25, -0.2) is 0 Å². The van der Waals surface area contributed by atoms with Gasteiger partial charge in [-0.3, -0.25) is 9.59 Å². The van der Waals surface area contributed by atoms with Crippen molar-refractivity contribution in [1.82, 2.24) is 5.32 Å². The molecule has 0 aliphatic heterocycles. The van der Waals surface area contributed by atoms with Crippen LogP contribution in [-0.2, 0) is 17.8 Å². The standard InChI is InChI=1S/C16H17NO3S/c1-11(18)13-3-4-15(20-2)14(7-13)8-16(19)17-9-12-5-6-21-10-12/h3-7,10H,8-9H2,1-2H3,(H,17,19). The average molecular weight is 303 g/mol. The average Bonchev–Trinajstić information content (AvgIpc) is 2.98. The van der Waals surface area contributed by atoms with E-state index < -0.39 is 0 Å². The van der Waals surface area contributed by atoms with Gasteiger partial charge in [0.25, 0.3) is 0 Å². The molecule has 0 bridgehead atoms. The number of thiophene rings is 1. The van der Waals surface area contributed by atoms with Gasteiger partial charge in [-0.15, -0.1) is 0 Å². The molecular weight excluding hydrogens is 286 g/mol. The fourth-order valence-electron chi connectivity index (χ4n) is 1.97. The van der Waals surface area contributed by atoms with Crippen LogP contribution in [0.15, 0.2) is 35.0 Å². The van der Waals surface area contributed by atoms with Gasteiger partial charge in [0.05, 0.1) is 13.5 Å². The molecule has 5 heteroatoms. The van der Waals surface area contributed by atoms with E-state index >= 15 is 0 Å². The van der Waals surface area contributed by atoms with E-state index in [0.29, 0.717) is 23.4 Å². The lowest BCUT2D eigenvalue weighted by Gasteiger charge is -2.10. The lowest BCUT2D eigenvalue weighted by atomic mass is 10.0. The summed E-state index contributed by atoms with van der Waals surface area (Å²) in [5.74, 6) is 0.489. The third-order valence-electron chi connectivity index (χ3n) is 3.11. The summed E-state index contributed by atoms with van der Waals surface area (Å²) in [5, 5.41) is 6.83. The van der Waals surface area contributed by atoms with Gasteiger partial charge in [0.1, 0.15) is 5.75 Å². The second-order valence-electron chi connectivity index (χ2n) is 4.67. The fraction of sp³-hybridized carbons (Fsp3) is 0.250. The van der Waals surface area contributed by atoms with Crippen molar-refractivity contribution in [1.29, 1.82) is 0 Å². The van der Waals surface area contributed by atoms with E-state index in [9.17, 15) is 9.59 Å². The van der Waals surface area contributed by atoms with Gasteiger partial charge in [-0.05, 0) is 47.5 Å². The Hall–Kier alpha value is -2.14. The monoisotopic (exact) mass is 303 g/mol. The lowest BCUT2D eigenvalue weighted by Crippen LogP contribution is -2.24. The zero-order chi connectivity index (χ0) is 15.2. The highest BCUT2D eigenvalue weighted by molar-refractivity contribution is 7.07. The molecule has 2 aromatic rings. The molecule has 1 aromatic heterocycles. The van der Waals surface area contributed by atoms with Crippen LogP contribution in [0.5, 0.6) is 5.75 Å². The highest BCUT2D eigenvalue weighted by Crippen LogP contribution is 2.21. The van der Waals surface area contributed by atoms with Gasteiger partial charge in [-0.1, -0.05) is 0 Å². The van der Waals surface area contributed by atoms with Crippen molar-refractivity contribution in [2.75, 3.05) is 7.11 Å². The van der Waals surface area contributed by atoms with Crippen LogP contribution < -0.4 is 10.1 Å². The molecule has 21 heavy (non-hydrogen) atoms. The maximum atomic E-state index is 12.0. The molecule has 0 saturated carbocycles. The highest BCUT2D eigenvalue weighted by Gasteiger charge is 2.11. The minimum Gasteiger partial charge on any atom is -0.496 e. The predicted molar refractivity (Wildman–Crippen MR) is 82.9 cm³/mol. The molecule has 0 fully saturated rings. The quantitative estimate of drug-likeness (QED) is 0.835. The minimum absolute atomic E-state index is 0.0300. The number of carbonyl (C=O) groups is 2. The van der Waals surface area contributed by atoms with E-state index in [-0.39, 0.29) is 18.1 Å². The summed E-state index contributed by atoms with van der Waals surface area (Å²) in [5.41, 5.74) is 2.38. The number of hydrogen-bond donors (Lipinski definition) is 1. The SMILES string of the molecule is COc1ccc(C(C)=O)cc1CC(=O)NCc1ccsc1. The number of carbonyl (C=O) groups excluding carboxylic acids is 2. The molecule has 0 radical (unpaired) electrons. The van der Waals surface area contributed by atoms with Gasteiger partial charge >= 0.3 is 0 Å². The Morgan fingerprint density at radius 1 is 1.29 bits per heavy atom. The second kappa shape index (κ2) is 7.04. The molecule has 1 amide bonds. The van der Waals surface area contributed by atoms with E-state index in [4.69, 9.17) is 4.74 Å². The predicted octanol–water partition coefficient (Wildman–Crippen LogP) is 2.82. The molecule has 1 aromatic carbocycles. The molecule has 0 aliphatic rings. The number of ketones is 1. The summed E-state index contributed by atoms with van der Waals surface area (Å²) in [4.78, 5) is 23.4. The fourth-order valence-corrected chi connectivity index (χ4v) is 2.63. The Kier molecular flexibility index (Phi) is 5.11. The number of benzene rings is 1. The summed E-state index contributed by atoms with van der Waals surface area (Å²) in [6.07, 6.45) is 0.189. The van der Waals surface area contributed by atoms with Crippen LogP contribution in [0.25, 0.3) is 0 Å². The van der Waals surface area contributed by atoms with Crippen LogP contribution in [-0.4, -0.2) is 18.8 Å². The van der Waals surface area contributed by atoms with Crippen molar-refractivity contribution in [3.63, 3.8) is 0 Å². The number of amides is 1. The van der Waals surface area contributed by atoms with Crippen LogP contribution in [0.2, 0.25) is 0 Å². The normalized spacial score (nSPS) is 10.2. The summed E-state index contributed by atoms with van der Waals surface area (Å²) in [7, 11) is 1.55.